The summed E-state index contributed by atoms with van der Waals surface area (Å²) in [7, 11) is 0. The van der Waals surface area contributed by atoms with Crippen LogP contribution < -0.4 is 4.90 Å². The Kier molecular flexibility index (Phi) is 5.00. The van der Waals surface area contributed by atoms with Crippen molar-refractivity contribution >= 4 is 33.4 Å². The monoisotopic (exact) mass is 386 g/mol. The van der Waals surface area contributed by atoms with Crippen LogP contribution >= 0.6 is 15.9 Å². The van der Waals surface area contributed by atoms with Gasteiger partial charge in [-0.2, -0.15) is 0 Å². The number of benzene rings is 2. The number of carbonyl (C=O) groups is 2. The highest BCUT2D eigenvalue weighted by molar-refractivity contribution is 9.10. The molecule has 0 bridgehead atoms. The minimum absolute atomic E-state index is 0.00231. The molecule has 0 aliphatic carbocycles. The van der Waals surface area contributed by atoms with Gasteiger partial charge < -0.3 is 9.80 Å². The van der Waals surface area contributed by atoms with Crippen LogP contribution in [0.5, 0.6) is 0 Å². The Bertz CT molecular complexity index is 731. The van der Waals surface area contributed by atoms with Gasteiger partial charge in [0.05, 0.1) is 6.42 Å². The summed E-state index contributed by atoms with van der Waals surface area (Å²) in [4.78, 5) is 28.7. The lowest BCUT2D eigenvalue weighted by molar-refractivity contribution is -0.140. The van der Waals surface area contributed by atoms with Crippen LogP contribution in [0.15, 0.2) is 59.1 Å². The van der Waals surface area contributed by atoms with Crippen LogP contribution in [0.3, 0.4) is 0 Å². The van der Waals surface area contributed by atoms with Crippen LogP contribution in [0, 0.1) is 0 Å². The fourth-order valence-electron chi connectivity index (χ4n) is 2.96. The maximum absolute atomic E-state index is 12.7. The number of nitrogens with zero attached hydrogens (tertiary/aromatic N) is 2. The molecule has 0 aromatic heterocycles. The molecular formula is C19H19BrN2O2. The average Bonchev–Trinajstić information content (AvgIpc) is 2.59. The van der Waals surface area contributed by atoms with E-state index in [4.69, 9.17) is 0 Å². The van der Waals surface area contributed by atoms with E-state index in [1.54, 1.807) is 16.7 Å². The molecule has 4 nitrogen and oxygen atoms in total. The summed E-state index contributed by atoms with van der Waals surface area (Å²) in [5, 5.41) is 0. The SMILES string of the molecule is C[C@@H]1C(=O)N(c2ccc(Br)cc2)CCN1C(=O)Cc1ccccc1. The molecule has 0 N–H and O–H groups in total. The molecule has 2 aromatic rings. The molecule has 2 aromatic carbocycles. The van der Waals surface area contributed by atoms with Gasteiger partial charge in [-0.3, -0.25) is 9.59 Å². The number of hydrogen-bond acceptors (Lipinski definition) is 2. The summed E-state index contributed by atoms with van der Waals surface area (Å²) in [6, 6.07) is 16.8. The number of rotatable bonds is 3. The number of amides is 2. The van der Waals surface area contributed by atoms with Gasteiger partial charge in [-0.15, -0.1) is 0 Å². The fourth-order valence-corrected chi connectivity index (χ4v) is 3.22. The van der Waals surface area contributed by atoms with E-state index >= 15 is 0 Å². The summed E-state index contributed by atoms with van der Waals surface area (Å²) >= 11 is 3.40. The molecule has 124 valence electrons. The first kappa shape index (κ1) is 16.7. The van der Waals surface area contributed by atoms with Crippen LogP contribution in [0.2, 0.25) is 0 Å². The molecule has 24 heavy (non-hydrogen) atoms. The highest BCUT2D eigenvalue weighted by atomic mass is 79.9. The first-order valence-electron chi connectivity index (χ1n) is 7.96. The quantitative estimate of drug-likeness (QED) is 0.811. The van der Waals surface area contributed by atoms with Gasteiger partial charge in [0.25, 0.3) is 0 Å². The van der Waals surface area contributed by atoms with E-state index in [0.717, 1.165) is 15.7 Å². The molecule has 1 fully saturated rings. The Morgan fingerprint density at radius 1 is 1.08 bits per heavy atom. The number of carbonyl (C=O) groups excluding carboxylic acids is 2. The number of anilines is 1. The van der Waals surface area contributed by atoms with E-state index in [0.29, 0.717) is 19.5 Å². The Morgan fingerprint density at radius 2 is 1.75 bits per heavy atom. The van der Waals surface area contributed by atoms with Crippen molar-refractivity contribution in [3.63, 3.8) is 0 Å². The van der Waals surface area contributed by atoms with Gasteiger partial charge in [0.2, 0.25) is 11.8 Å². The Hall–Kier alpha value is -2.14. The number of piperazine rings is 1. The standard InChI is InChI=1S/C19H19BrN2O2/c1-14-19(24)22(17-9-7-16(20)8-10-17)12-11-21(14)18(23)13-15-5-3-2-4-6-15/h2-10,14H,11-13H2,1H3/t14-/m1/s1. The van der Waals surface area contributed by atoms with E-state index in [-0.39, 0.29) is 11.8 Å². The van der Waals surface area contributed by atoms with Crippen molar-refractivity contribution in [3.8, 4) is 0 Å². The van der Waals surface area contributed by atoms with E-state index in [2.05, 4.69) is 15.9 Å². The third kappa shape index (κ3) is 3.51. The molecule has 1 heterocycles. The van der Waals surface area contributed by atoms with Crippen molar-refractivity contribution in [2.45, 2.75) is 19.4 Å². The van der Waals surface area contributed by atoms with Gasteiger partial charge >= 0.3 is 0 Å². The van der Waals surface area contributed by atoms with E-state index < -0.39 is 6.04 Å². The third-order valence-corrected chi connectivity index (χ3v) is 4.84. The first-order chi connectivity index (χ1) is 11.6. The second-order valence-corrected chi connectivity index (χ2v) is 6.81. The third-order valence-electron chi connectivity index (χ3n) is 4.31. The van der Waals surface area contributed by atoms with Crippen molar-refractivity contribution < 1.29 is 9.59 Å². The lowest BCUT2D eigenvalue weighted by Crippen LogP contribution is -2.58. The van der Waals surface area contributed by atoms with Crippen molar-refractivity contribution in [1.82, 2.24) is 4.90 Å². The molecule has 0 unspecified atom stereocenters. The minimum Gasteiger partial charge on any atom is -0.329 e. The summed E-state index contributed by atoms with van der Waals surface area (Å²) in [5.41, 5.74) is 1.84. The topological polar surface area (TPSA) is 40.6 Å². The zero-order valence-corrected chi connectivity index (χ0v) is 15.1. The molecule has 5 heteroatoms. The van der Waals surface area contributed by atoms with Gasteiger partial charge in [-0.25, -0.2) is 0 Å². The molecule has 1 saturated heterocycles. The molecule has 0 radical (unpaired) electrons. The molecule has 1 aliphatic rings. The van der Waals surface area contributed by atoms with Gasteiger partial charge in [0.15, 0.2) is 0 Å². The summed E-state index contributed by atoms with van der Waals surface area (Å²) in [6.07, 6.45) is 0.330. The van der Waals surface area contributed by atoms with E-state index in [1.807, 2.05) is 54.6 Å². The summed E-state index contributed by atoms with van der Waals surface area (Å²) in [6.45, 7) is 2.87. The molecule has 3 rings (SSSR count). The minimum atomic E-state index is -0.446. The highest BCUT2D eigenvalue weighted by Gasteiger charge is 2.34. The predicted octanol–water partition coefficient (Wildman–Crippen LogP) is 3.26. The maximum Gasteiger partial charge on any atom is 0.249 e. The smallest absolute Gasteiger partial charge is 0.249 e. The molecule has 1 atom stereocenters. The average molecular weight is 387 g/mol. The van der Waals surface area contributed by atoms with E-state index in [1.165, 1.54) is 0 Å². The van der Waals surface area contributed by atoms with Gasteiger partial charge in [0, 0.05) is 23.2 Å². The Labute approximate surface area is 150 Å². The number of halogens is 1. The van der Waals surface area contributed by atoms with Gasteiger partial charge in [-0.1, -0.05) is 46.3 Å². The van der Waals surface area contributed by atoms with Crippen molar-refractivity contribution in [1.29, 1.82) is 0 Å². The molecule has 0 spiro atoms. The predicted molar refractivity (Wildman–Crippen MR) is 97.8 cm³/mol. The number of hydrogen-bond donors (Lipinski definition) is 0. The second-order valence-electron chi connectivity index (χ2n) is 5.89. The lowest BCUT2D eigenvalue weighted by atomic mass is 10.1. The van der Waals surface area contributed by atoms with Crippen LogP contribution in [-0.2, 0) is 16.0 Å². The zero-order valence-electron chi connectivity index (χ0n) is 13.5. The molecule has 2 amide bonds. The lowest BCUT2D eigenvalue weighted by Gasteiger charge is -2.39. The van der Waals surface area contributed by atoms with Crippen molar-refractivity contribution in [3.05, 3.63) is 64.6 Å². The van der Waals surface area contributed by atoms with Gasteiger partial charge in [-0.05, 0) is 36.8 Å². The van der Waals surface area contributed by atoms with Gasteiger partial charge in [0.1, 0.15) is 6.04 Å². The van der Waals surface area contributed by atoms with Crippen molar-refractivity contribution in [2.75, 3.05) is 18.0 Å². The largest absolute Gasteiger partial charge is 0.329 e. The highest BCUT2D eigenvalue weighted by Crippen LogP contribution is 2.23. The van der Waals surface area contributed by atoms with Crippen LogP contribution in [0.25, 0.3) is 0 Å². The van der Waals surface area contributed by atoms with Crippen LogP contribution in [0.4, 0.5) is 5.69 Å². The van der Waals surface area contributed by atoms with Crippen LogP contribution in [-0.4, -0.2) is 35.8 Å². The summed E-state index contributed by atoms with van der Waals surface area (Å²) in [5.74, 6) is -0.0394. The maximum atomic E-state index is 12.7. The normalized spacial score (nSPS) is 17.9. The fraction of sp³-hybridized carbons (Fsp3) is 0.263. The molecule has 1 aliphatic heterocycles. The van der Waals surface area contributed by atoms with Crippen molar-refractivity contribution in [2.24, 2.45) is 0 Å². The summed E-state index contributed by atoms with van der Waals surface area (Å²) < 4.78 is 0.975. The molecular weight excluding hydrogens is 368 g/mol. The zero-order chi connectivity index (χ0) is 17.1. The first-order valence-corrected chi connectivity index (χ1v) is 8.76. The van der Waals surface area contributed by atoms with Crippen LogP contribution in [0.1, 0.15) is 12.5 Å². The van der Waals surface area contributed by atoms with E-state index in [9.17, 15) is 9.59 Å². The Morgan fingerprint density at radius 3 is 2.42 bits per heavy atom. The second kappa shape index (κ2) is 7.18. The Balaban J connectivity index is 1.70. The molecule has 0 saturated carbocycles.